The fourth-order valence-corrected chi connectivity index (χ4v) is 1.75. The summed E-state index contributed by atoms with van der Waals surface area (Å²) in [5.74, 6) is -0.263. The molecular formula is C11H12FN2O. The van der Waals surface area contributed by atoms with Gasteiger partial charge in [-0.3, -0.25) is 4.79 Å². The van der Waals surface area contributed by atoms with E-state index in [1.54, 1.807) is 12.1 Å². The van der Waals surface area contributed by atoms with E-state index < -0.39 is 0 Å². The van der Waals surface area contributed by atoms with Crippen LogP contribution in [0.3, 0.4) is 0 Å². The molecule has 1 radical (unpaired) electrons. The molecule has 0 aliphatic carbocycles. The van der Waals surface area contributed by atoms with Crippen LogP contribution >= 0.6 is 0 Å². The van der Waals surface area contributed by atoms with Crippen LogP contribution in [0.1, 0.15) is 0 Å². The number of benzene rings is 1. The summed E-state index contributed by atoms with van der Waals surface area (Å²) in [7, 11) is 0. The quantitative estimate of drug-likeness (QED) is 0.775. The Morgan fingerprint density at radius 3 is 2.80 bits per heavy atom. The van der Waals surface area contributed by atoms with E-state index in [0.717, 1.165) is 18.8 Å². The summed E-state index contributed by atoms with van der Waals surface area (Å²) < 4.78 is 12.7. The van der Waals surface area contributed by atoms with E-state index in [1.807, 2.05) is 11.2 Å². The number of halogens is 1. The molecule has 1 saturated heterocycles. The van der Waals surface area contributed by atoms with Crippen LogP contribution in [-0.2, 0) is 4.79 Å². The maximum absolute atomic E-state index is 12.7. The lowest BCUT2D eigenvalue weighted by Crippen LogP contribution is -2.52. The van der Waals surface area contributed by atoms with Gasteiger partial charge in [-0.25, -0.2) is 4.39 Å². The van der Waals surface area contributed by atoms with Crippen LogP contribution in [-0.4, -0.2) is 32.0 Å². The Hall–Kier alpha value is -1.42. The first-order valence-corrected chi connectivity index (χ1v) is 4.92. The average Bonchev–Trinajstić information content (AvgIpc) is 2.30. The third kappa shape index (κ3) is 2.15. The number of hydrogen-bond acceptors (Lipinski definition) is 3. The topological polar surface area (TPSA) is 32.3 Å². The number of carbonyl (C=O) groups excluding carboxylic acids is 1. The van der Waals surface area contributed by atoms with Crippen molar-refractivity contribution in [3.05, 3.63) is 30.1 Å². The predicted molar refractivity (Wildman–Crippen MR) is 56.1 cm³/mol. The van der Waals surface area contributed by atoms with Gasteiger partial charge in [-0.2, -0.15) is 0 Å². The van der Waals surface area contributed by atoms with Gasteiger partial charge in [0.25, 0.3) is 0 Å². The zero-order chi connectivity index (χ0) is 10.7. The Bertz CT molecular complexity index is 339. The molecule has 15 heavy (non-hydrogen) atoms. The van der Waals surface area contributed by atoms with Crippen LogP contribution in [0.5, 0.6) is 0 Å². The molecule has 1 aliphatic heterocycles. The van der Waals surface area contributed by atoms with Gasteiger partial charge in [-0.1, -0.05) is 0 Å². The van der Waals surface area contributed by atoms with Gasteiger partial charge >= 0.3 is 0 Å². The van der Waals surface area contributed by atoms with E-state index in [1.165, 1.54) is 12.1 Å². The lowest BCUT2D eigenvalue weighted by Gasteiger charge is -2.34. The summed E-state index contributed by atoms with van der Waals surface area (Å²) in [6, 6.07) is 5.90. The van der Waals surface area contributed by atoms with Gasteiger partial charge in [0.1, 0.15) is 11.9 Å². The maximum Gasteiger partial charge on any atom is 0.224 e. The molecule has 0 spiro atoms. The Morgan fingerprint density at radius 2 is 2.13 bits per heavy atom. The molecule has 0 saturated carbocycles. The summed E-state index contributed by atoms with van der Waals surface area (Å²) in [5, 5.41) is 3.12. The molecule has 1 aliphatic rings. The predicted octanol–water partition coefficient (Wildman–Crippen LogP) is 0.714. The van der Waals surface area contributed by atoms with Gasteiger partial charge in [-0.15, -0.1) is 0 Å². The molecule has 79 valence electrons. The standard InChI is InChI=1S/C11H12FN2O/c12-9-1-3-10(4-2-9)14-6-5-13-7-11(14)8-15/h1-4,11,13H,5-7H2. The van der Waals surface area contributed by atoms with Crippen molar-refractivity contribution in [2.45, 2.75) is 6.04 Å². The second-order valence-electron chi connectivity index (χ2n) is 3.51. The lowest BCUT2D eigenvalue weighted by atomic mass is 10.1. The minimum atomic E-state index is -0.274. The van der Waals surface area contributed by atoms with Crippen LogP contribution in [0.15, 0.2) is 24.3 Å². The highest BCUT2D eigenvalue weighted by Crippen LogP contribution is 2.17. The van der Waals surface area contributed by atoms with Crippen LogP contribution < -0.4 is 10.2 Å². The largest absolute Gasteiger partial charge is 0.358 e. The first kappa shape index (κ1) is 10.1. The van der Waals surface area contributed by atoms with E-state index >= 15 is 0 Å². The SMILES string of the molecule is O=[C]C1CNCCN1c1ccc(F)cc1. The lowest BCUT2D eigenvalue weighted by molar-refractivity contribution is 0.495. The normalized spacial score (nSPS) is 21.4. The number of rotatable bonds is 2. The van der Waals surface area contributed by atoms with Crippen molar-refractivity contribution in [1.82, 2.24) is 5.32 Å². The minimum Gasteiger partial charge on any atom is -0.358 e. The number of piperazine rings is 1. The number of nitrogens with zero attached hydrogens (tertiary/aromatic N) is 1. The third-order valence-corrected chi connectivity index (χ3v) is 2.54. The van der Waals surface area contributed by atoms with Crippen molar-refractivity contribution in [2.24, 2.45) is 0 Å². The van der Waals surface area contributed by atoms with Crippen molar-refractivity contribution in [3.8, 4) is 0 Å². The summed E-state index contributed by atoms with van der Waals surface area (Å²) in [4.78, 5) is 12.7. The van der Waals surface area contributed by atoms with Crippen LogP contribution in [0.25, 0.3) is 0 Å². The zero-order valence-electron chi connectivity index (χ0n) is 8.24. The molecule has 1 N–H and O–H groups in total. The van der Waals surface area contributed by atoms with Gasteiger partial charge in [-0.05, 0) is 24.3 Å². The first-order valence-electron chi connectivity index (χ1n) is 4.92. The molecule has 4 heteroatoms. The molecule has 0 amide bonds. The monoisotopic (exact) mass is 207 g/mol. The Kier molecular flexibility index (Phi) is 2.97. The van der Waals surface area contributed by atoms with Gasteiger partial charge < -0.3 is 10.2 Å². The zero-order valence-corrected chi connectivity index (χ0v) is 8.24. The molecular weight excluding hydrogens is 195 g/mol. The third-order valence-electron chi connectivity index (χ3n) is 2.54. The molecule has 1 aromatic carbocycles. The van der Waals surface area contributed by atoms with Gasteiger partial charge in [0, 0.05) is 25.3 Å². The highest BCUT2D eigenvalue weighted by molar-refractivity contribution is 5.67. The number of anilines is 1. The molecule has 2 rings (SSSR count). The van der Waals surface area contributed by atoms with Gasteiger partial charge in [0.05, 0.1) is 0 Å². The molecule has 1 unspecified atom stereocenters. The fraction of sp³-hybridized carbons (Fsp3) is 0.364. The Labute approximate surface area is 87.9 Å². The number of nitrogens with one attached hydrogen (secondary N) is 1. The highest BCUT2D eigenvalue weighted by Gasteiger charge is 2.22. The second kappa shape index (κ2) is 4.40. The molecule has 1 atom stereocenters. The van der Waals surface area contributed by atoms with Crippen molar-refractivity contribution in [3.63, 3.8) is 0 Å². The molecule has 0 bridgehead atoms. The van der Waals surface area contributed by atoms with E-state index in [-0.39, 0.29) is 11.9 Å². The van der Waals surface area contributed by atoms with Crippen molar-refractivity contribution < 1.29 is 9.18 Å². The molecule has 1 heterocycles. The van der Waals surface area contributed by atoms with Crippen molar-refractivity contribution >= 4 is 12.0 Å². The van der Waals surface area contributed by atoms with E-state index in [2.05, 4.69) is 5.32 Å². The average molecular weight is 207 g/mol. The molecule has 1 aromatic rings. The van der Waals surface area contributed by atoms with Gasteiger partial charge in [0.15, 0.2) is 0 Å². The number of hydrogen-bond donors (Lipinski definition) is 1. The summed E-state index contributed by atoms with van der Waals surface area (Å²) >= 11 is 0. The Morgan fingerprint density at radius 1 is 1.40 bits per heavy atom. The highest BCUT2D eigenvalue weighted by atomic mass is 19.1. The van der Waals surface area contributed by atoms with E-state index in [4.69, 9.17) is 0 Å². The van der Waals surface area contributed by atoms with Gasteiger partial charge in [0.2, 0.25) is 6.29 Å². The molecule has 3 nitrogen and oxygen atoms in total. The van der Waals surface area contributed by atoms with Crippen LogP contribution in [0, 0.1) is 5.82 Å². The van der Waals surface area contributed by atoms with Crippen LogP contribution in [0.4, 0.5) is 10.1 Å². The Balaban J connectivity index is 2.20. The van der Waals surface area contributed by atoms with Crippen molar-refractivity contribution in [2.75, 3.05) is 24.5 Å². The van der Waals surface area contributed by atoms with E-state index in [0.29, 0.717) is 6.54 Å². The maximum atomic E-state index is 12.7. The first-order chi connectivity index (χ1) is 7.31. The summed E-state index contributed by atoms with van der Waals surface area (Å²) in [5.41, 5.74) is 0.867. The minimum absolute atomic E-state index is 0.263. The summed E-state index contributed by atoms with van der Waals surface area (Å²) in [6.07, 6.45) is 1.99. The summed E-state index contributed by atoms with van der Waals surface area (Å²) in [6.45, 7) is 2.17. The second-order valence-corrected chi connectivity index (χ2v) is 3.51. The molecule has 1 fully saturated rings. The van der Waals surface area contributed by atoms with E-state index in [9.17, 15) is 9.18 Å². The van der Waals surface area contributed by atoms with Crippen LogP contribution in [0.2, 0.25) is 0 Å². The molecule has 0 aromatic heterocycles. The fourth-order valence-electron chi connectivity index (χ4n) is 1.75. The smallest absolute Gasteiger partial charge is 0.224 e. The van der Waals surface area contributed by atoms with Crippen molar-refractivity contribution in [1.29, 1.82) is 0 Å².